The SMILES string of the molecule is CC(C)c1ccc(-c2ccc3ccccc3c2)c(-c2ccccc2)c1. The zero-order valence-corrected chi connectivity index (χ0v) is 14.7. The molecular formula is C25H22. The van der Waals surface area contributed by atoms with Crippen molar-refractivity contribution >= 4 is 10.8 Å². The minimum Gasteiger partial charge on any atom is -0.0622 e. The van der Waals surface area contributed by atoms with E-state index in [4.69, 9.17) is 0 Å². The van der Waals surface area contributed by atoms with Gasteiger partial charge in [0.1, 0.15) is 0 Å². The molecule has 0 saturated carbocycles. The molecule has 4 aromatic rings. The van der Waals surface area contributed by atoms with Crippen LogP contribution in [0.2, 0.25) is 0 Å². The van der Waals surface area contributed by atoms with Crippen molar-refractivity contribution in [1.82, 2.24) is 0 Å². The maximum Gasteiger partial charge on any atom is -0.0103 e. The predicted octanol–water partition coefficient (Wildman–Crippen LogP) is 7.30. The van der Waals surface area contributed by atoms with E-state index in [0.717, 1.165) is 0 Å². The second kappa shape index (κ2) is 6.57. The van der Waals surface area contributed by atoms with E-state index in [1.54, 1.807) is 0 Å². The first-order chi connectivity index (χ1) is 12.2. The summed E-state index contributed by atoms with van der Waals surface area (Å²) in [5, 5.41) is 2.57. The summed E-state index contributed by atoms with van der Waals surface area (Å²) in [5.74, 6) is 0.521. The Labute approximate surface area is 149 Å². The third kappa shape index (κ3) is 3.08. The molecule has 0 bridgehead atoms. The molecule has 0 aliphatic heterocycles. The van der Waals surface area contributed by atoms with Crippen molar-refractivity contribution < 1.29 is 0 Å². The van der Waals surface area contributed by atoms with Crippen LogP contribution in [0.5, 0.6) is 0 Å². The Morgan fingerprint density at radius 1 is 0.520 bits per heavy atom. The zero-order valence-electron chi connectivity index (χ0n) is 14.7. The first-order valence-electron chi connectivity index (χ1n) is 8.91. The summed E-state index contributed by atoms with van der Waals surface area (Å²) < 4.78 is 0. The molecule has 0 saturated heterocycles. The maximum absolute atomic E-state index is 2.35. The standard InChI is InChI=1S/C25H22/c1-18(2)21-14-15-24(25(17-21)20-9-4-3-5-10-20)23-13-12-19-8-6-7-11-22(19)16-23/h3-18H,1-2H3. The fraction of sp³-hybridized carbons (Fsp3) is 0.120. The van der Waals surface area contributed by atoms with E-state index < -0.39 is 0 Å². The van der Waals surface area contributed by atoms with E-state index in [1.165, 1.54) is 38.6 Å². The molecule has 0 aliphatic carbocycles. The summed E-state index contributed by atoms with van der Waals surface area (Å²) in [7, 11) is 0. The summed E-state index contributed by atoms with van der Waals surface area (Å²) in [6.07, 6.45) is 0. The van der Waals surface area contributed by atoms with Gasteiger partial charge < -0.3 is 0 Å². The van der Waals surface area contributed by atoms with Crippen LogP contribution in [0.25, 0.3) is 33.0 Å². The molecule has 0 radical (unpaired) electrons. The Hall–Kier alpha value is -2.86. The van der Waals surface area contributed by atoms with E-state index in [2.05, 4.69) is 105 Å². The molecule has 4 rings (SSSR count). The van der Waals surface area contributed by atoms with Gasteiger partial charge in [0.05, 0.1) is 0 Å². The van der Waals surface area contributed by atoms with Gasteiger partial charge >= 0.3 is 0 Å². The van der Waals surface area contributed by atoms with Crippen molar-refractivity contribution in [1.29, 1.82) is 0 Å². The minimum absolute atomic E-state index is 0.521. The molecule has 0 aromatic heterocycles. The van der Waals surface area contributed by atoms with Crippen LogP contribution in [0.1, 0.15) is 25.3 Å². The van der Waals surface area contributed by atoms with Crippen molar-refractivity contribution in [3.05, 3.63) is 96.6 Å². The minimum atomic E-state index is 0.521. The Morgan fingerprint density at radius 2 is 1.24 bits per heavy atom. The molecule has 0 aliphatic rings. The third-order valence-corrected chi connectivity index (χ3v) is 4.86. The highest BCUT2D eigenvalue weighted by Gasteiger charge is 2.10. The predicted molar refractivity (Wildman–Crippen MR) is 109 cm³/mol. The van der Waals surface area contributed by atoms with Gasteiger partial charge in [-0.2, -0.15) is 0 Å². The lowest BCUT2D eigenvalue weighted by Crippen LogP contribution is -1.92. The van der Waals surface area contributed by atoms with Gasteiger partial charge in [0.2, 0.25) is 0 Å². The fourth-order valence-corrected chi connectivity index (χ4v) is 3.39. The zero-order chi connectivity index (χ0) is 17.2. The molecule has 0 unspecified atom stereocenters. The van der Waals surface area contributed by atoms with Gasteiger partial charge in [-0.05, 0) is 50.6 Å². The number of benzene rings is 4. The van der Waals surface area contributed by atoms with Crippen LogP contribution in [0.3, 0.4) is 0 Å². The Balaban J connectivity index is 1.93. The van der Waals surface area contributed by atoms with Crippen LogP contribution in [0.4, 0.5) is 0 Å². The number of hydrogen-bond acceptors (Lipinski definition) is 0. The normalized spacial score (nSPS) is 11.2. The summed E-state index contributed by atoms with van der Waals surface area (Å²) in [5.41, 5.74) is 6.52. The second-order valence-corrected chi connectivity index (χ2v) is 6.89. The lowest BCUT2D eigenvalue weighted by Gasteiger charge is -2.15. The topological polar surface area (TPSA) is 0 Å². The summed E-state index contributed by atoms with van der Waals surface area (Å²) >= 11 is 0. The van der Waals surface area contributed by atoms with Gasteiger partial charge in [-0.15, -0.1) is 0 Å². The largest absolute Gasteiger partial charge is 0.0622 e. The van der Waals surface area contributed by atoms with Gasteiger partial charge in [-0.25, -0.2) is 0 Å². The van der Waals surface area contributed by atoms with E-state index in [0.29, 0.717) is 5.92 Å². The van der Waals surface area contributed by atoms with E-state index in [1.807, 2.05) is 0 Å². The smallest absolute Gasteiger partial charge is 0.0103 e. The molecule has 0 spiro atoms. The summed E-state index contributed by atoms with van der Waals surface area (Å²) in [6, 6.07) is 32.9. The highest BCUT2D eigenvalue weighted by molar-refractivity contribution is 5.91. The molecule has 0 amide bonds. The quantitative estimate of drug-likeness (QED) is 0.371. The molecule has 25 heavy (non-hydrogen) atoms. The van der Waals surface area contributed by atoms with E-state index in [9.17, 15) is 0 Å². The lowest BCUT2D eigenvalue weighted by atomic mass is 9.89. The van der Waals surface area contributed by atoms with Gasteiger partial charge in [-0.3, -0.25) is 0 Å². The van der Waals surface area contributed by atoms with E-state index >= 15 is 0 Å². The Kier molecular flexibility index (Phi) is 4.11. The maximum atomic E-state index is 2.35. The first-order valence-corrected chi connectivity index (χ1v) is 8.91. The average molecular weight is 322 g/mol. The third-order valence-electron chi connectivity index (χ3n) is 4.86. The monoisotopic (exact) mass is 322 g/mol. The van der Waals surface area contributed by atoms with Crippen LogP contribution < -0.4 is 0 Å². The molecule has 0 N–H and O–H groups in total. The van der Waals surface area contributed by atoms with Crippen molar-refractivity contribution in [3.63, 3.8) is 0 Å². The van der Waals surface area contributed by atoms with Gasteiger partial charge in [0.15, 0.2) is 0 Å². The van der Waals surface area contributed by atoms with Crippen LogP contribution in [0, 0.1) is 0 Å². The molecule has 0 heterocycles. The first kappa shape index (κ1) is 15.7. The molecule has 0 nitrogen and oxygen atoms in total. The van der Waals surface area contributed by atoms with Crippen LogP contribution >= 0.6 is 0 Å². The van der Waals surface area contributed by atoms with Crippen LogP contribution in [-0.2, 0) is 0 Å². The summed E-state index contributed by atoms with van der Waals surface area (Å²) in [4.78, 5) is 0. The number of rotatable bonds is 3. The fourth-order valence-electron chi connectivity index (χ4n) is 3.39. The highest BCUT2D eigenvalue weighted by Crippen LogP contribution is 2.35. The second-order valence-electron chi connectivity index (χ2n) is 6.89. The molecule has 4 aromatic carbocycles. The van der Waals surface area contributed by atoms with Crippen molar-refractivity contribution in [2.45, 2.75) is 19.8 Å². The molecule has 0 atom stereocenters. The van der Waals surface area contributed by atoms with Crippen molar-refractivity contribution in [2.24, 2.45) is 0 Å². The average Bonchev–Trinajstić information content (AvgIpc) is 2.68. The lowest BCUT2D eigenvalue weighted by molar-refractivity contribution is 0.867. The molecule has 0 heteroatoms. The van der Waals surface area contributed by atoms with Crippen LogP contribution in [-0.4, -0.2) is 0 Å². The van der Waals surface area contributed by atoms with Crippen LogP contribution in [0.15, 0.2) is 91.0 Å². The molecule has 0 fully saturated rings. The Morgan fingerprint density at radius 3 is 2.00 bits per heavy atom. The van der Waals surface area contributed by atoms with Gasteiger partial charge in [0, 0.05) is 0 Å². The number of fused-ring (bicyclic) bond motifs is 1. The molecule has 122 valence electrons. The highest BCUT2D eigenvalue weighted by atomic mass is 14.1. The van der Waals surface area contributed by atoms with Crippen molar-refractivity contribution in [2.75, 3.05) is 0 Å². The van der Waals surface area contributed by atoms with E-state index in [-0.39, 0.29) is 0 Å². The number of hydrogen-bond donors (Lipinski definition) is 0. The van der Waals surface area contributed by atoms with Gasteiger partial charge in [-0.1, -0.05) is 98.8 Å². The molecular weight excluding hydrogens is 300 g/mol. The van der Waals surface area contributed by atoms with Gasteiger partial charge in [0.25, 0.3) is 0 Å². The van der Waals surface area contributed by atoms with Crippen molar-refractivity contribution in [3.8, 4) is 22.3 Å². The Bertz CT molecular complexity index is 1010. The summed E-state index contributed by atoms with van der Waals surface area (Å²) in [6.45, 7) is 4.50.